The van der Waals surface area contributed by atoms with Crippen molar-refractivity contribution < 1.29 is 13.2 Å². The number of hydrazone groups is 1. The van der Waals surface area contributed by atoms with Gasteiger partial charge in [0.2, 0.25) is 0 Å². The highest BCUT2D eigenvalue weighted by atomic mass is 79.9. The lowest BCUT2D eigenvalue weighted by Crippen LogP contribution is -2.39. The second-order valence-electron chi connectivity index (χ2n) is 5.85. The third-order valence-electron chi connectivity index (χ3n) is 3.81. The molecule has 0 aliphatic carbocycles. The molecule has 1 N–H and O–H groups in total. The first kappa shape index (κ1) is 20.7. The largest absolute Gasteiger partial charge is 0.271 e. The Bertz CT molecular complexity index is 1090. The molecule has 0 aliphatic heterocycles. The Morgan fingerprint density at radius 1 is 1.03 bits per heavy atom. The molecule has 29 heavy (non-hydrogen) atoms. The number of halogens is 1. The quantitative estimate of drug-likeness (QED) is 0.422. The molecule has 0 fully saturated rings. The number of pyridine rings is 1. The third-order valence-corrected chi connectivity index (χ3v) is 6.12. The number of rotatable bonds is 7. The van der Waals surface area contributed by atoms with Gasteiger partial charge in [0.15, 0.2) is 0 Å². The molecular formula is C20H17BrN4O3S. The number of carbonyl (C=O) groups excluding carboxylic acids is 1. The molecule has 0 unspecified atom stereocenters. The molecule has 0 saturated carbocycles. The molecule has 0 atom stereocenters. The van der Waals surface area contributed by atoms with Crippen LogP contribution < -0.4 is 9.73 Å². The summed E-state index contributed by atoms with van der Waals surface area (Å²) in [6, 6.07) is 19.9. The monoisotopic (exact) mass is 472 g/mol. The van der Waals surface area contributed by atoms with Crippen LogP contribution in [0.25, 0.3) is 0 Å². The molecule has 148 valence electrons. The van der Waals surface area contributed by atoms with Gasteiger partial charge in [0.05, 0.1) is 22.5 Å². The predicted octanol–water partition coefficient (Wildman–Crippen LogP) is 3.19. The molecule has 1 amide bonds. The van der Waals surface area contributed by atoms with Crippen LogP contribution in [-0.2, 0) is 14.8 Å². The van der Waals surface area contributed by atoms with Crippen molar-refractivity contribution in [1.82, 2.24) is 10.4 Å². The highest BCUT2D eigenvalue weighted by Gasteiger charge is 2.27. The van der Waals surface area contributed by atoms with Gasteiger partial charge in [-0.2, -0.15) is 5.10 Å². The van der Waals surface area contributed by atoms with Crippen LogP contribution in [0, 0.1) is 0 Å². The molecular weight excluding hydrogens is 456 g/mol. The summed E-state index contributed by atoms with van der Waals surface area (Å²) >= 11 is 3.32. The Hall–Kier alpha value is -3.04. The van der Waals surface area contributed by atoms with Gasteiger partial charge in [0, 0.05) is 10.7 Å². The Balaban J connectivity index is 1.83. The zero-order valence-electron chi connectivity index (χ0n) is 15.1. The minimum atomic E-state index is -3.95. The molecule has 9 heteroatoms. The van der Waals surface area contributed by atoms with E-state index < -0.39 is 22.5 Å². The number of carbonyl (C=O) groups is 1. The minimum absolute atomic E-state index is 0.0905. The maximum atomic E-state index is 13.1. The molecule has 0 bridgehead atoms. The molecule has 0 radical (unpaired) electrons. The van der Waals surface area contributed by atoms with Gasteiger partial charge in [-0.05, 0) is 48.5 Å². The molecule has 1 aromatic heterocycles. The lowest BCUT2D eigenvalue weighted by Gasteiger charge is -2.23. The smallest absolute Gasteiger partial charge is 0.264 e. The van der Waals surface area contributed by atoms with Crippen LogP contribution in [0.3, 0.4) is 0 Å². The lowest BCUT2D eigenvalue weighted by molar-refractivity contribution is -0.119. The van der Waals surface area contributed by atoms with Crippen LogP contribution in [0.15, 0.2) is 93.5 Å². The normalized spacial score (nSPS) is 11.3. The first-order valence-corrected chi connectivity index (χ1v) is 10.8. The number of sulfonamides is 1. The number of amides is 1. The average molecular weight is 473 g/mol. The van der Waals surface area contributed by atoms with E-state index in [1.54, 1.807) is 66.9 Å². The van der Waals surface area contributed by atoms with Crippen LogP contribution >= 0.6 is 15.9 Å². The van der Waals surface area contributed by atoms with Gasteiger partial charge < -0.3 is 0 Å². The van der Waals surface area contributed by atoms with E-state index >= 15 is 0 Å². The predicted molar refractivity (Wildman–Crippen MR) is 115 cm³/mol. The molecule has 2 aromatic carbocycles. The maximum absolute atomic E-state index is 13.1. The Kier molecular flexibility index (Phi) is 6.73. The first-order chi connectivity index (χ1) is 14.0. The van der Waals surface area contributed by atoms with Crippen molar-refractivity contribution in [2.45, 2.75) is 4.90 Å². The summed E-state index contributed by atoms with van der Waals surface area (Å²) in [5, 5.41) is 3.84. The molecule has 3 rings (SSSR count). The Labute approximate surface area is 177 Å². The van der Waals surface area contributed by atoms with Crippen molar-refractivity contribution >= 4 is 43.8 Å². The summed E-state index contributed by atoms with van der Waals surface area (Å²) in [7, 11) is -3.95. The van der Waals surface area contributed by atoms with Crippen LogP contribution in [0.5, 0.6) is 0 Å². The van der Waals surface area contributed by atoms with E-state index in [9.17, 15) is 13.2 Å². The van der Waals surface area contributed by atoms with Crippen molar-refractivity contribution in [1.29, 1.82) is 0 Å². The van der Waals surface area contributed by atoms with Crippen molar-refractivity contribution in [3.05, 3.63) is 89.2 Å². The molecule has 1 heterocycles. The molecule has 0 aliphatic rings. The zero-order valence-corrected chi connectivity index (χ0v) is 17.5. The Morgan fingerprint density at radius 2 is 1.72 bits per heavy atom. The summed E-state index contributed by atoms with van der Waals surface area (Å²) in [6.07, 6.45) is 2.98. The Morgan fingerprint density at radius 3 is 2.38 bits per heavy atom. The lowest BCUT2D eigenvalue weighted by atomic mass is 10.3. The van der Waals surface area contributed by atoms with E-state index in [1.165, 1.54) is 18.3 Å². The summed E-state index contributed by atoms with van der Waals surface area (Å²) in [5.74, 6) is -0.584. The zero-order chi connectivity index (χ0) is 20.7. The van der Waals surface area contributed by atoms with Crippen molar-refractivity contribution in [3.8, 4) is 0 Å². The fourth-order valence-electron chi connectivity index (χ4n) is 2.43. The van der Waals surface area contributed by atoms with Crippen LogP contribution in [0.2, 0.25) is 0 Å². The third kappa shape index (κ3) is 5.49. The van der Waals surface area contributed by atoms with E-state index in [0.717, 1.165) is 8.78 Å². The molecule has 0 saturated heterocycles. The van der Waals surface area contributed by atoms with E-state index in [1.807, 2.05) is 0 Å². The second-order valence-corrected chi connectivity index (χ2v) is 8.63. The summed E-state index contributed by atoms with van der Waals surface area (Å²) in [6.45, 7) is -0.432. The number of hydrogen-bond donors (Lipinski definition) is 1. The number of nitrogens with zero attached hydrogens (tertiary/aromatic N) is 3. The van der Waals surface area contributed by atoms with Gasteiger partial charge in [-0.25, -0.2) is 13.8 Å². The van der Waals surface area contributed by atoms with Gasteiger partial charge in [0.1, 0.15) is 6.54 Å². The minimum Gasteiger partial charge on any atom is -0.271 e. The highest BCUT2D eigenvalue weighted by Crippen LogP contribution is 2.25. The van der Waals surface area contributed by atoms with E-state index in [4.69, 9.17) is 0 Å². The first-order valence-electron chi connectivity index (χ1n) is 8.53. The van der Waals surface area contributed by atoms with E-state index in [2.05, 4.69) is 31.4 Å². The van der Waals surface area contributed by atoms with E-state index in [0.29, 0.717) is 11.4 Å². The SMILES string of the molecule is O=C(CN(c1ccc(Br)cc1)S(=O)(=O)c1ccccc1)N/N=C\c1ccccn1. The fraction of sp³-hybridized carbons (Fsp3) is 0.0500. The topological polar surface area (TPSA) is 91.7 Å². The van der Waals surface area contributed by atoms with Crippen LogP contribution in [0.4, 0.5) is 5.69 Å². The summed E-state index contributed by atoms with van der Waals surface area (Å²) in [5.41, 5.74) is 3.27. The number of anilines is 1. The van der Waals surface area contributed by atoms with Crippen LogP contribution in [0.1, 0.15) is 5.69 Å². The fourth-order valence-corrected chi connectivity index (χ4v) is 4.14. The maximum Gasteiger partial charge on any atom is 0.264 e. The molecule has 7 nitrogen and oxygen atoms in total. The molecule has 3 aromatic rings. The van der Waals surface area contributed by atoms with Gasteiger partial charge in [-0.15, -0.1) is 0 Å². The number of aromatic nitrogens is 1. The number of hydrogen-bond acceptors (Lipinski definition) is 5. The van der Waals surface area contributed by atoms with Gasteiger partial charge >= 0.3 is 0 Å². The summed E-state index contributed by atoms with van der Waals surface area (Å²) in [4.78, 5) is 16.6. The molecule has 0 spiro atoms. The van der Waals surface area contributed by atoms with Gasteiger partial charge in [-0.3, -0.25) is 14.1 Å². The van der Waals surface area contributed by atoms with Crippen molar-refractivity contribution in [3.63, 3.8) is 0 Å². The second kappa shape index (κ2) is 9.44. The number of benzene rings is 2. The van der Waals surface area contributed by atoms with E-state index in [-0.39, 0.29) is 4.90 Å². The van der Waals surface area contributed by atoms with Crippen molar-refractivity contribution in [2.24, 2.45) is 5.10 Å². The number of nitrogens with one attached hydrogen (secondary N) is 1. The van der Waals surface area contributed by atoms with Crippen molar-refractivity contribution in [2.75, 3.05) is 10.8 Å². The average Bonchev–Trinajstić information content (AvgIpc) is 2.74. The van der Waals surface area contributed by atoms with Crippen LogP contribution in [-0.4, -0.2) is 32.1 Å². The van der Waals surface area contributed by atoms with Gasteiger partial charge in [-0.1, -0.05) is 40.2 Å². The standard InChI is InChI=1S/C20H17BrN4O3S/c21-16-9-11-18(12-10-16)25(29(27,28)19-7-2-1-3-8-19)15-20(26)24-23-14-17-6-4-5-13-22-17/h1-14H,15H2,(H,24,26)/b23-14-. The van der Waals surface area contributed by atoms with Gasteiger partial charge in [0.25, 0.3) is 15.9 Å². The highest BCUT2D eigenvalue weighted by molar-refractivity contribution is 9.10. The summed E-state index contributed by atoms with van der Waals surface area (Å²) < 4.78 is 28.1.